The summed E-state index contributed by atoms with van der Waals surface area (Å²) in [6.45, 7) is 0.607. The average molecular weight is 377 g/mol. The van der Waals surface area contributed by atoms with Gasteiger partial charge in [0.25, 0.3) is 5.91 Å². The molecule has 1 aliphatic heterocycles. The van der Waals surface area contributed by atoms with Crippen LogP contribution in [0.1, 0.15) is 15.9 Å². The van der Waals surface area contributed by atoms with Gasteiger partial charge in [0.05, 0.1) is 12.7 Å². The van der Waals surface area contributed by atoms with Crippen LogP contribution in [-0.4, -0.2) is 24.8 Å². The molecule has 3 aromatic rings. The Morgan fingerprint density at radius 1 is 1.11 bits per heavy atom. The largest absolute Gasteiger partial charge is 0.496 e. The predicted octanol–water partition coefficient (Wildman–Crippen LogP) is 3.49. The lowest BCUT2D eigenvalue weighted by Crippen LogP contribution is -2.23. The minimum absolute atomic E-state index is 0.201. The molecule has 7 nitrogen and oxygen atoms in total. The SMILES string of the molecule is COc1ccccc1CNC(=O)c1ccc(Nc2ccc3c(c2)OCO3)nc1. The van der Waals surface area contributed by atoms with Crippen LogP contribution in [0.25, 0.3) is 0 Å². The molecule has 2 heterocycles. The smallest absolute Gasteiger partial charge is 0.253 e. The third kappa shape index (κ3) is 3.83. The molecule has 0 radical (unpaired) electrons. The Hall–Kier alpha value is -3.74. The van der Waals surface area contributed by atoms with Gasteiger partial charge in [0.15, 0.2) is 11.5 Å². The molecule has 0 saturated carbocycles. The van der Waals surface area contributed by atoms with Crippen LogP contribution in [0.2, 0.25) is 0 Å². The third-order valence-corrected chi connectivity index (χ3v) is 4.30. The quantitative estimate of drug-likeness (QED) is 0.684. The van der Waals surface area contributed by atoms with Crippen LogP contribution in [0, 0.1) is 0 Å². The predicted molar refractivity (Wildman–Crippen MR) is 104 cm³/mol. The fourth-order valence-corrected chi connectivity index (χ4v) is 2.85. The maximum Gasteiger partial charge on any atom is 0.253 e. The molecule has 0 saturated heterocycles. The number of hydrogen-bond acceptors (Lipinski definition) is 6. The Morgan fingerprint density at radius 3 is 2.79 bits per heavy atom. The van der Waals surface area contributed by atoms with Gasteiger partial charge < -0.3 is 24.8 Å². The highest BCUT2D eigenvalue weighted by Crippen LogP contribution is 2.34. The number of rotatable bonds is 6. The highest BCUT2D eigenvalue weighted by Gasteiger charge is 2.13. The average Bonchev–Trinajstić information content (AvgIpc) is 3.20. The zero-order valence-electron chi connectivity index (χ0n) is 15.3. The molecule has 0 aliphatic carbocycles. The van der Waals surface area contributed by atoms with E-state index in [1.54, 1.807) is 19.2 Å². The molecule has 0 spiro atoms. The van der Waals surface area contributed by atoms with E-state index in [1.165, 1.54) is 6.20 Å². The normalized spacial score (nSPS) is 11.8. The van der Waals surface area contributed by atoms with E-state index in [-0.39, 0.29) is 12.7 Å². The summed E-state index contributed by atoms with van der Waals surface area (Å²) in [5.41, 5.74) is 2.21. The fourth-order valence-electron chi connectivity index (χ4n) is 2.85. The van der Waals surface area contributed by atoms with Crippen LogP contribution in [0.3, 0.4) is 0 Å². The summed E-state index contributed by atoms with van der Waals surface area (Å²) in [5, 5.41) is 6.06. The van der Waals surface area contributed by atoms with Gasteiger partial charge in [-0.1, -0.05) is 18.2 Å². The monoisotopic (exact) mass is 377 g/mol. The third-order valence-electron chi connectivity index (χ3n) is 4.30. The number of methoxy groups -OCH3 is 1. The van der Waals surface area contributed by atoms with Gasteiger partial charge in [0.1, 0.15) is 11.6 Å². The number of fused-ring (bicyclic) bond motifs is 1. The van der Waals surface area contributed by atoms with Gasteiger partial charge in [0.2, 0.25) is 6.79 Å². The lowest BCUT2D eigenvalue weighted by Gasteiger charge is -2.10. The van der Waals surface area contributed by atoms with Gasteiger partial charge in [-0.15, -0.1) is 0 Å². The molecule has 0 fully saturated rings. The molecule has 142 valence electrons. The highest BCUT2D eigenvalue weighted by molar-refractivity contribution is 5.94. The number of amides is 1. The Kier molecular flexibility index (Phi) is 4.97. The van der Waals surface area contributed by atoms with Gasteiger partial charge in [-0.3, -0.25) is 4.79 Å². The molecular formula is C21H19N3O4. The van der Waals surface area contributed by atoms with Crippen molar-refractivity contribution < 1.29 is 19.0 Å². The van der Waals surface area contributed by atoms with Crippen molar-refractivity contribution in [1.82, 2.24) is 10.3 Å². The van der Waals surface area contributed by atoms with Crippen molar-refractivity contribution in [2.75, 3.05) is 19.2 Å². The first-order valence-corrected chi connectivity index (χ1v) is 8.76. The first-order valence-electron chi connectivity index (χ1n) is 8.76. The van der Waals surface area contributed by atoms with Crippen molar-refractivity contribution in [2.45, 2.75) is 6.54 Å². The lowest BCUT2D eigenvalue weighted by molar-refractivity contribution is 0.0950. The number of nitrogens with zero attached hydrogens (tertiary/aromatic N) is 1. The number of anilines is 2. The number of para-hydroxylation sites is 1. The minimum atomic E-state index is -0.201. The van der Waals surface area contributed by atoms with E-state index in [4.69, 9.17) is 14.2 Å². The number of hydrogen-bond donors (Lipinski definition) is 2. The number of pyridine rings is 1. The second-order valence-electron chi connectivity index (χ2n) is 6.12. The highest BCUT2D eigenvalue weighted by atomic mass is 16.7. The van der Waals surface area contributed by atoms with E-state index in [0.29, 0.717) is 23.7 Å². The Morgan fingerprint density at radius 2 is 1.96 bits per heavy atom. The number of carbonyl (C=O) groups excluding carboxylic acids is 1. The molecule has 28 heavy (non-hydrogen) atoms. The Labute approximate surface area is 162 Å². The Balaban J connectivity index is 1.38. The molecule has 1 aliphatic rings. The number of carbonyl (C=O) groups is 1. The number of benzene rings is 2. The fraction of sp³-hybridized carbons (Fsp3) is 0.143. The summed E-state index contributed by atoms with van der Waals surface area (Å²) in [6, 6.07) is 16.6. The Bertz CT molecular complexity index is 989. The van der Waals surface area contributed by atoms with Crippen molar-refractivity contribution in [2.24, 2.45) is 0 Å². The van der Waals surface area contributed by atoms with E-state index in [0.717, 1.165) is 22.7 Å². The van der Waals surface area contributed by atoms with E-state index < -0.39 is 0 Å². The lowest BCUT2D eigenvalue weighted by atomic mass is 10.2. The van der Waals surface area contributed by atoms with Gasteiger partial charge in [-0.2, -0.15) is 0 Å². The van der Waals surface area contributed by atoms with Crippen LogP contribution in [0.4, 0.5) is 11.5 Å². The summed E-state index contributed by atoms with van der Waals surface area (Å²) >= 11 is 0. The van der Waals surface area contributed by atoms with E-state index in [1.807, 2.05) is 42.5 Å². The number of aromatic nitrogens is 1. The number of nitrogens with one attached hydrogen (secondary N) is 2. The van der Waals surface area contributed by atoms with Gasteiger partial charge in [-0.05, 0) is 30.3 Å². The molecule has 0 atom stereocenters. The molecule has 2 aromatic carbocycles. The molecular weight excluding hydrogens is 358 g/mol. The standard InChI is InChI=1S/C21H19N3O4/c1-26-17-5-3-2-4-14(17)11-23-21(25)15-6-9-20(22-12-15)24-16-7-8-18-19(10-16)28-13-27-18/h2-10,12H,11,13H2,1H3,(H,22,24)(H,23,25). The minimum Gasteiger partial charge on any atom is -0.496 e. The van der Waals surface area contributed by atoms with Crippen LogP contribution >= 0.6 is 0 Å². The summed E-state index contributed by atoms with van der Waals surface area (Å²) in [4.78, 5) is 16.7. The maximum atomic E-state index is 12.4. The molecule has 7 heteroatoms. The second-order valence-corrected chi connectivity index (χ2v) is 6.12. The van der Waals surface area contributed by atoms with Crippen molar-refractivity contribution in [3.8, 4) is 17.2 Å². The molecule has 0 unspecified atom stereocenters. The van der Waals surface area contributed by atoms with Crippen molar-refractivity contribution in [3.63, 3.8) is 0 Å². The summed E-state index contributed by atoms with van der Waals surface area (Å²) in [5.74, 6) is 2.58. The zero-order chi connectivity index (χ0) is 19.3. The zero-order valence-corrected chi connectivity index (χ0v) is 15.3. The maximum absolute atomic E-state index is 12.4. The first-order chi connectivity index (χ1) is 13.7. The van der Waals surface area contributed by atoms with Gasteiger partial charge >= 0.3 is 0 Å². The molecule has 1 aromatic heterocycles. The van der Waals surface area contributed by atoms with Crippen molar-refractivity contribution in [1.29, 1.82) is 0 Å². The van der Waals surface area contributed by atoms with E-state index >= 15 is 0 Å². The number of ether oxygens (including phenoxy) is 3. The van der Waals surface area contributed by atoms with Crippen molar-refractivity contribution in [3.05, 3.63) is 71.9 Å². The summed E-state index contributed by atoms with van der Waals surface area (Å²) in [6.07, 6.45) is 1.53. The topological polar surface area (TPSA) is 81.7 Å². The molecule has 1 amide bonds. The first kappa shape index (κ1) is 17.7. The van der Waals surface area contributed by atoms with Gasteiger partial charge in [0, 0.05) is 30.1 Å². The van der Waals surface area contributed by atoms with Crippen LogP contribution < -0.4 is 24.8 Å². The van der Waals surface area contributed by atoms with Gasteiger partial charge in [-0.25, -0.2) is 4.98 Å². The second kappa shape index (κ2) is 7.87. The van der Waals surface area contributed by atoms with E-state index in [2.05, 4.69) is 15.6 Å². The van der Waals surface area contributed by atoms with E-state index in [9.17, 15) is 4.79 Å². The van der Waals surface area contributed by atoms with Crippen LogP contribution in [0.5, 0.6) is 17.2 Å². The van der Waals surface area contributed by atoms with Crippen LogP contribution in [0.15, 0.2) is 60.8 Å². The van der Waals surface area contributed by atoms with Crippen molar-refractivity contribution >= 4 is 17.4 Å². The summed E-state index contributed by atoms with van der Waals surface area (Å²) < 4.78 is 16.0. The molecule has 2 N–H and O–H groups in total. The molecule has 0 bridgehead atoms. The molecule has 4 rings (SSSR count). The van der Waals surface area contributed by atoms with Crippen LogP contribution in [-0.2, 0) is 6.54 Å². The summed E-state index contributed by atoms with van der Waals surface area (Å²) in [7, 11) is 1.61.